The van der Waals surface area contributed by atoms with Crippen molar-refractivity contribution in [1.29, 1.82) is 0 Å². The van der Waals surface area contributed by atoms with E-state index in [0.29, 0.717) is 6.42 Å². The summed E-state index contributed by atoms with van der Waals surface area (Å²) in [5.74, 6) is -0.220. The highest BCUT2D eigenvalue weighted by atomic mass is 16.5. The highest BCUT2D eigenvalue weighted by Crippen LogP contribution is 2.22. The molecule has 1 atom stereocenters. The highest BCUT2D eigenvalue weighted by molar-refractivity contribution is 5.79. The topological polar surface area (TPSA) is 72.6 Å². The molecule has 2 N–H and O–H groups in total. The zero-order chi connectivity index (χ0) is 13.8. The fourth-order valence-electron chi connectivity index (χ4n) is 2.31. The monoisotopic (exact) mass is 256 g/mol. The van der Waals surface area contributed by atoms with Crippen LogP contribution in [0.25, 0.3) is 0 Å². The van der Waals surface area contributed by atoms with Gasteiger partial charge in [-0.1, -0.05) is 0 Å². The standard InChI is InChI=1S/C13H24N2O3/c1-13(2,14)9-11(16)15-7-5-4-6-10(15)8-12(17)18-3/h10H,4-9,14H2,1-3H3. The van der Waals surface area contributed by atoms with Crippen LogP contribution in [0.5, 0.6) is 0 Å². The quantitative estimate of drug-likeness (QED) is 0.763. The molecule has 104 valence electrons. The van der Waals surface area contributed by atoms with Crippen molar-refractivity contribution in [2.24, 2.45) is 5.73 Å². The Labute approximate surface area is 109 Å². The first kappa shape index (κ1) is 15.0. The first-order valence-corrected chi connectivity index (χ1v) is 6.48. The predicted octanol–water partition coefficient (Wildman–Crippen LogP) is 1.06. The van der Waals surface area contributed by atoms with Crippen molar-refractivity contribution in [1.82, 2.24) is 4.90 Å². The van der Waals surface area contributed by atoms with Gasteiger partial charge in [0.25, 0.3) is 0 Å². The molecular weight excluding hydrogens is 232 g/mol. The van der Waals surface area contributed by atoms with Crippen LogP contribution in [0.3, 0.4) is 0 Å². The third-order valence-corrected chi connectivity index (χ3v) is 3.18. The summed E-state index contributed by atoms with van der Waals surface area (Å²) in [5, 5.41) is 0. The lowest BCUT2D eigenvalue weighted by atomic mass is 9.96. The molecule has 1 saturated heterocycles. The Balaban J connectivity index is 2.64. The van der Waals surface area contributed by atoms with Gasteiger partial charge in [-0.3, -0.25) is 9.59 Å². The van der Waals surface area contributed by atoms with Crippen LogP contribution in [0.1, 0.15) is 46.0 Å². The van der Waals surface area contributed by atoms with Crippen molar-refractivity contribution in [3.8, 4) is 0 Å². The van der Waals surface area contributed by atoms with Gasteiger partial charge in [0.05, 0.1) is 13.5 Å². The molecule has 0 aromatic heterocycles. The maximum absolute atomic E-state index is 12.2. The second kappa shape index (κ2) is 6.18. The van der Waals surface area contributed by atoms with Crippen molar-refractivity contribution in [2.45, 2.75) is 57.5 Å². The van der Waals surface area contributed by atoms with Gasteiger partial charge in [0.15, 0.2) is 0 Å². The summed E-state index contributed by atoms with van der Waals surface area (Å²) in [6.45, 7) is 4.39. The number of nitrogens with zero attached hydrogens (tertiary/aromatic N) is 1. The highest BCUT2D eigenvalue weighted by Gasteiger charge is 2.30. The van der Waals surface area contributed by atoms with Gasteiger partial charge in [-0.2, -0.15) is 0 Å². The zero-order valence-corrected chi connectivity index (χ0v) is 11.6. The van der Waals surface area contributed by atoms with Gasteiger partial charge in [0.1, 0.15) is 0 Å². The number of methoxy groups -OCH3 is 1. The molecule has 0 radical (unpaired) electrons. The molecule has 0 aromatic carbocycles. The smallest absolute Gasteiger partial charge is 0.307 e. The normalized spacial score (nSPS) is 20.7. The van der Waals surface area contributed by atoms with Gasteiger partial charge in [0, 0.05) is 24.5 Å². The number of likely N-dealkylation sites (tertiary alicyclic amines) is 1. The van der Waals surface area contributed by atoms with Gasteiger partial charge >= 0.3 is 5.97 Å². The minimum absolute atomic E-state index is 0.0268. The molecular formula is C13H24N2O3. The predicted molar refractivity (Wildman–Crippen MR) is 68.9 cm³/mol. The molecule has 18 heavy (non-hydrogen) atoms. The summed E-state index contributed by atoms with van der Waals surface area (Å²) >= 11 is 0. The van der Waals surface area contributed by atoms with Gasteiger partial charge in [-0.25, -0.2) is 0 Å². The van der Waals surface area contributed by atoms with E-state index in [1.54, 1.807) is 4.90 Å². The van der Waals surface area contributed by atoms with E-state index in [-0.39, 0.29) is 24.3 Å². The van der Waals surface area contributed by atoms with Crippen LogP contribution in [0, 0.1) is 0 Å². The second-order valence-electron chi connectivity index (χ2n) is 5.68. The van der Waals surface area contributed by atoms with Crippen LogP contribution in [0.2, 0.25) is 0 Å². The van der Waals surface area contributed by atoms with E-state index in [4.69, 9.17) is 5.73 Å². The van der Waals surface area contributed by atoms with Crippen LogP contribution in [-0.4, -0.2) is 42.0 Å². The van der Waals surface area contributed by atoms with Crippen LogP contribution < -0.4 is 5.73 Å². The first-order valence-electron chi connectivity index (χ1n) is 6.48. The largest absolute Gasteiger partial charge is 0.469 e. The van der Waals surface area contributed by atoms with Crippen molar-refractivity contribution in [2.75, 3.05) is 13.7 Å². The summed E-state index contributed by atoms with van der Waals surface area (Å²) in [6.07, 6.45) is 3.51. The number of amides is 1. The lowest BCUT2D eigenvalue weighted by Gasteiger charge is -2.36. The maximum Gasteiger partial charge on any atom is 0.307 e. The Morgan fingerprint density at radius 1 is 1.39 bits per heavy atom. The van der Waals surface area contributed by atoms with E-state index in [0.717, 1.165) is 25.8 Å². The van der Waals surface area contributed by atoms with Crippen LogP contribution in [0.15, 0.2) is 0 Å². The van der Waals surface area contributed by atoms with Crippen molar-refractivity contribution < 1.29 is 14.3 Å². The molecule has 0 aliphatic carbocycles. The molecule has 1 aliphatic heterocycles. The number of hydrogen-bond acceptors (Lipinski definition) is 4. The molecule has 1 fully saturated rings. The summed E-state index contributed by atoms with van der Waals surface area (Å²) in [7, 11) is 1.38. The average Bonchev–Trinajstić information content (AvgIpc) is 2.27. The number of ether oxygens (including phenoxy) is 1. The Morgan fingerprint density at radius 2 is 2.06 bits per heavy atom. The Bertz CT molecular complexity index is 310. The van der Waals surface area contributed by atoms with Crippen molar-refractivity contribution >= 4 is 11.9 Å². The van der Waals surface area contributed by atoms with Crippen molar-refractivity contribution in [3.05, 3.63) is 0 Å². The Morgan fingerprint density at radius 3 is 2.61 bits per heavy atom. The van der Waals surface area contributed by atoms with E-state index >= 15 is 0 Å². The minimum Gasteiger partial charge on any atom is -0.469 e. The molecule has 1 heterocycles. The van der Waals surface area contributed by atoms with Gasteiger partial charge < -0.3 is 15.4 Å². The number of piperidine rings is 1. The molecule has 1 aliphatic rings. The van der Waals surface area contributed by atoms with E-state index in [9.17, 15) is 9.59 Å². The molecule has 0 aromatic rings. The number of nitrogens with two attached hydrogens (primary N) is 1. The SMILES string of the molecule is COC(=O)CC1CCCCN1C(=O)CC(C)(C)N. The average molecular weight is 256 g/mol. The summed E-state index contributed by atoms with van der Waals surface area (Å²) in [5.41, 5.74) is 5.37. The van der Waals surface area contributed by atoms with Gasteiger partial charge in [-0.05, 0) is 33.1 Å². The Hall–Kier alpha value is -1.10. The van der Waals surface area contributed by atoms with E-state index < -0.39 is 5.54 Å². The van der Waals surface area contributed by atoms with Gasteiger partial charge in [-0.15, -0.1) is 0 Å². The second-order valence-corrected chi connectivity index (χ2v) is 5.68. The number of carbonyl (C=O) groups is 2. The van der Waals surface area contributed by atoms with Crippen LogP contribution >= 0.6 is 0 Å². The molecule has 0 spiro atoms. The van der Waals surface area contributed by atoms with Gasteiger partial charge in [0.2, 0.25) is 5.91 Å². The Kier molecular flexibility index (Phi) is 5.14. The zero-order valence-electron chi connectivity index (χ0n) is 11.6. The molecule has 1 amide bonds. The number of rotatable bonds is 4. The number of hydrogen-bond donors (Lipinski definition) is 1. The third-order valence-electron chi connectivity index (χ3n) is 3.18. The van der Waals surface area contributed by atoms with E-state index in [2.05, 4.69) is 4.74 Å². The summed E-state index contributed by atoms with van der Waals surface area (Å²) in [4.78, 5) is 25.3. The third kappa shape index (κ3) is 4.64. The number of carbonyl (C=O) groups excluding carboxylic acids is 2. The fraction of sp³-hybridized carbons (Fsp3) is 0.846. The minimum atomic E-state index is -0.510. The van der Waals surface area contributed by atoms with Crippen LogP contribution in [-0.2, 0) is 14.3 Å². The molecule has 5 nitrogen and oxygen atoms in total. The van der Waals surface area contributed by atoms with E-state index in [1.165, 1.54) is 7.11 Å². The maximum atomic E-state index is 12.2. The lowest BCUT2D eigenvalue weighted by molar-refractivity contribution is -0.144. The number of esters is 1. The molecule has 5 heteroatoms. The fourth-order valence-corrected chi connectivity index (χ4v) is 2.31. The molecule has 0 bridgehead atoms. The molecule has 1 rings (SSSR count). The van der Waals surface area contributed by atoms with Crippen molar-refractivity contribution in [3.63, 3.8) is 0 Å². The summed E-state index contributed by atoms with van der Waals surface area (Å²) < 4.78 is 4.68. The molecule has 1 unspecified atom stereocenters. The van der Waals surface area contributed by atoms with E-state index in [1.807, 2.05) is 13.8 Å². The first-order chi connectivity index (χ1) is 8.33. The van der Waals surface area contributed by atoms with Crippen LogP contribution in [0.4, 0.5) is 0 Å². The summed E-state index contributed by atoms with van der Waals surface area (Å²) in [6, 6.07) is -0.0268. The lowest BCUT2D eigenvalue weighted by Crippen LogP contribution is -2.48. The molecule has 0 saturated carbocycles.